The van der Waals surface area contributed by atoms with Crippen molar-refractivity contribution < 1.29 is 8.42 Å². The molecule has 0 aliphatic carbocycles. The molecule has 0 saturated carbocycles. The molecule has 0 fully saturated rings. The van der Waals surface area contributed by atoms with E-state index >= 15 is 0 Å². The Morgan fingerprint density at radius 3 is 2.62 bits per heavy atom. The maximum absolute atomic E-state index is 11.0. The number of sulfone groups is 1. The molecular weight excluding hydrogens is 214 g/mol. The molecule has 1 heterocycles. The van der Waals surface area contributed by atoms with Gasteiger partial charge in [-0.15, -0.1) is 0 Å². The molecule has 0 spiro atoms. The second kappa shape index (κ2) is 3.47. The van der Waals surface area contributed by atoms with Crippen molar-refractivity contribution in [1.29, 1.82) is 0 Å². The third kappa shape index (κ3) is 2.28. The number of nitrogens with zero attached hydrogens (tertiary/aromatic N) is 2. The molecule has 1 rings (SSSR count). The Hall–Kier alpha value is -0.880. The molecule has 1 N–H and O–H groups in total. The fourth-order valence-electron chi connectivity index (χ4n) is 0.705. The van der Waals surface area contributed by atoms with E-state index in [0.717, 1.165) is 6.26 Å². The third-order valence-corrected chi connectivity index (χ3v) is 2.43. The normalized spacial score (nSPS) is 11.3. The minimum atomic E-state index is -3.37. The number of hydrogen-bond acceptors (Lipinski definition) is 5. The molecular formula is C6H8ClN3O2S. The van der Waals surface area contributed by atoms with Crippen LogP contribution in [-0.2, 0) is 9.84 Å². The molecule has 5 nitrogen and oxygen atoms in total. The number of hydrogen-bond donors (Lipinski definition) is 1. The maximum atomic E-state index is 11.0. The summed E-state index contributed by atoms with van der Waals surface area (Å²) in [5.41, 5.74) is 0. The molecule has 13 heavy (non-hydrogen) atoms. The zero-order valence-corrected chi connectivity index (χ0v) is 8.65. The van der Waals surface area contributed by atoms with Crippen molar-refractivity contribution in [3.05, 3.63) is 11.2 Å². The van der Waals surface area contributed by atoms with Crippen LogP contribution in [0.4, 0.5) is 5.82 Å². The van der Waals surface area contributed by atoms with Crippen LogP contribution in [-0.4, -0.2) is 31.7 Å². The van der Waals surface area contributed by atoms with E-state index in [-0.39, 0.29) is 10.2 Å². The topological polar surface area (TPSA) is 72.0 Å². The van der Waals surface area contributed by atoms with Crippen LogP contribution in [0.15, 0.2) is 11.4 Å². The summed E-state index contributed by atoms with van der Waals surface area (Å²) in [5, 5.41) is 2.71. The van der Waals surface area contributed by atoms with Crippen LogP contribution < -0.4 is 5.32 Å². The summed E-state index contributed by atoms with van der Waals surface area (Å²) >= 11 is 5.66. The van der Waals surface area contributed by atoms with Crippen LogP contribution in [0.1, 0.15) is 0 Å². The van der Waals surface area contributed by atoms with Crippen LogP contribution in [0.3, 0.4) is 0 Å². The number of rotatable bonds is 2. The lowest BCUT2D eigenvalue weighted by molar-refractivity contribution is 0.593. The minimum absolute atomic E-state index is 0.235. The maximum Gasteiger partial charge on any atom is 0.248 e. The Labute approximate surface area is 81.1 Å². The zero-order valence-electron chi connectivity index (χ0n) is 7.07. The van der Waals surface area contributed by atoms with Gasteiger partial charge >= 0.3 is 0 Å². The van der Waals surface area contributed by atoms with Crippen molar-refractivity contribution in [2.24, 2.45) is 0 Å². The molecule has 0 unspecified atom stereocenters. The molecule has 0 atom stereocenters. The van der Waals surface area contributed by atoms with Gasteiger partial charge < -0.3 is 5.32 Å². The van der Waals surface area contributed by atoms with Crippen LogP contribution in [0.2, 0.25) is 5.02 Å². The zero-order chi connectivity index (χ0) is 10.1. The van der Waals surface area contributed by atoms with Gasteiger partial charge in [0.05, 0.1) is 6.20 Å². The number of nitrogens with one attached hydrogen (secondary N) is 1. The lowest BCUT2D eigenvalue weighted by Gasteiger charge is -2.02. The molecule has 0 radical (unpaired) electrons. The lowest BCUT2D eigenvalue weighted by Crippen LogP contribution is -2.06. The molecule has 0 aromatic carbocycles. The van der Waals surface area contributed by atoms with Crippen molar-refractivity contribution in [2.75, 3.05) is 18.6 Å². The molecule has 0 bridgehead atoms. The largest absolute Gasteiger partial charge is 0.372 e. The minimum Gasteiger partial charge on any atom is -0.372 e. The number of aromatic nitrogens is 2. The SMILES string of the molecule is CNc1nc(S(C)(=O)=O)ncc1Cl. The van der Waals surface area contributed by atoms with E-state index in [4.69, 9.17) is 11.6 Å². The predicted molar refractivity (Wildman–Crippen MR) is 49.7 cm³/mol. The van der Waals surface area contributed by atoms with Crippen LogP contribution in [0, 0.1) is 0 Å². The van der Waals surface area contributed by atoms with Gasteiger partial charge in [-0.1, -0.05) is 11.6 Å². The summed E-state index contributed by atoms with van der Waals surface area (Å²) in [4.78, 5) is 7.31. The molecule has 0 aliphatic heterocycles. The van der Waals surface area contributed by atoms with E-state index in [2.05, 4.69) is 15.3 Å². The highest BCUT2D eigenvalue weighted by Gasteiger charge is 2.12. The van der Waals surface area contributed by atoms with Gasteiger partial charge in [-0.05, 0) is 0 Å². The molecule has 0 amide bonds. The molecule has 0 aliphatic rings. The summed E-state index contributed by atoms with van der Waals surface area (Å²) < 4.78 is 22.0. The van der Waals surface area contributed by atoms with Gasteiger partial charge in [0.2, 0.25) is 15.0 Å². The molecule has 0 saturated heterocycles. The summed E-state index contributed by atoms with van der Waals surface area (Å²) in [5.74, 6) is 0.303. The summed E-state index contributed by atoms with van der Waals surface area (Å²) in [6.45, 7) is 0. The van der Waals surface area contributed by atoms with Crippen molar-refractivity contribution in [3.63, 3.8) is 0 Å². The highest BCUT2D eigenvalue weighted by atomic mass is 35.5. The van der Waals surface area contributed by atoms with E-state index < -0.39 is 9.84 Å². The van der Waals surface area contributed by atoms with Crippen molar-refractivity contribution >= 4 is 27.3 Å². The summed E-state index contributed by atoms with van der Waals surface area (Å²) in [6.07, 6.45) is 2.28. The lowest BCUT2D eigenvalue weighted by atomic mass is 10.6. The van der Waals surface area contributed by atoms with Gasteiger partial charge in [-0.3, -0.25) is 0 Å². The van der Waals surface area contributed by atoms with Crippen LogP contribution in [0.5, 0.6) is 0 Å². The number of halogens is 1. The Morgan fingerprint density at radius 1 is 1.54 bits per heavy atom. The fraction of sp³-hybridized carbons (Fsp3) is 0.333. The van der Waals surface area contributed by atoms with Gasteiger partial charge in [0.25, 0.3) is 0 Å². The molecule has 1 aromatic heterocycles. The molecule has 1 aromatic rings. The van der Waals surface area contributed by atoms with Crippen molar-refractivity contribution in [3.8, 4) is 0 Å². The highest BCUT2D eigenvalue weighted by molar-refractivity contribution is 7.90. The average molecular weight is 222 g/mol. The predicted octanol–water partition coefficient (Wildman–Crippen LogP) is 0.575. The van der Waals surface area contributed by atoms with Gasteiger partial charge in [0.1, 0.15) is 10.8 Å². The van der Waals surface area contributed by atoms with Gasteiger partial charge in [0.15, 0.2) is 0 Å². The summed E-state index contributed by atoms with van der Waals surface area (Å²) in [6, 6.07) is 0. The van der Waals surface area contributed by atoms with E-state index in [1.54, 1.807) is 7.05 Å². The first-order valence-corrected chi connectivity index (χ1v) is 5.62. The second-order valence-corrected chi connectivity index (χ2v) is 4.69. The third-order valence-electron chi connectivity index (χ3n) is 1.29. The van der Waals surface area contributed by atoms with Crippen molar-refractivity contribution in [2.45, 2.75) is 5.16 Å². The van der Waals surface area contributed by atoms with Crippen molar-refractivity contribution in [1.82, 2.24) is 9.97 Å². The monoisotopic (exact) mass is 221 g/mol. The quantitative estimate of drug-likeness (QED) is 0.740. The first-order chi connectivity index (χ1) is 5.95. The molecule has 72 valence electrons. The Kier molecular flexibility index (Phi) is 2.72. The fourth-order valence-corrected chi connectivity index (χ4v) is 1.39. The molecule has 7 heteroatoms. The van der Waals surface area contributed by atoms with Crippen LogP contribution >= 0.6 is 11.6 Å². The highest BCUT2D eigenvalue weighted by Crippen LogP contribution is 2.18. The van der Waals surface area contributed by atoms with Gasteiger partial charge in [-0.2, -0.15) is 4.98 Å². The van der Waals surface area contributed by atoms with Crippen LogP contribution in [0.25, 0.3) is 0 Å². The standard InChI is InChI=1S/C6H8ClN3O2S/c1-8-5-4(7)3-9-6(10-5)13(2,11)12/h3H,1-2H3,(H,8,9,10). The van der Waals surface area contributed by atoms with E-state index in [9.17, 15) is 8.42 Å². The van der Waals surface area contributed by atoms with Gasteiger partial charge in [0, 0.05) is 13.3 Å². The smallest absolute Gasteiger partial charge is 0.248 e. The van der Waals surface area contributed by atoms with Gasteiger partial charge in [-0.25, -0.2) is 13.4 Å². The Morgan fingerprint density at radius 2 is 2.15 bits per heavy atom. The van der Waals surface area contributed by atoms with E-state index in [0.29, 0.717) is 5.82 Å². The average Bonchev–Trinajstić information content (AvgIpc) is 2.03. The Bertz CT molecular complexity index is 418. The first kappa shape index (κ1) is 10.2. The second-order valence-electron chi connectivity index (χ2n) is 2.37. The first-order valence-electron chi connectivity index (χ1n) is 3.35. The Balaban J connectivity index is 3.30. The van der Waals surface area contributed by atoms with E-state index in [1.165, 1.54) is 6.20 Å². The summed E-state index contributed by atoms with van der Waals surface area (Å²) in [7, 11) is -1.78. The number of anilines is 1. The van der Waals surface area contributed by atoms with E-state index in [1.807, 2.05) is 0 Å².